The summed E-state index contributed by atoms with van der Waals surface area (Å²) in [6.45, 7) is -0.478. The molecule has 1 amide bonds. The predicted molar refractivity (Wildman–Crippen MR) is 61.1 cm³/mol. The van der Waals surface area contributed by atoms with E-state index in [4.69, 9.17) is 0 Å². The van der Waals surface area contributed by atoms with E-state index in [0.717, 1.165) is 4.72 Å². The molecule has 144 valence electrons. The zero-order chi connectivity index (χ0) is 19.6. The number of hydrogen-bond acceptors (Lipinski definition) is 3. The standard InChI is InChI=1S/C9H11F9N2O3S/c1-2-5(21)19-3-4-20-24(22,23)9(17,18)7(12,13)6(10,11)8(14,15)16/h20H,2-4H2,1H3,(H,19,21). The summed E-state index contributed by atoms with van der Waals surface area (Å²) in [5.41, 5.74) is 0. The summed E-state index contributed by atoms with van der Waals surface area (Å²) in [6.07, 6.45) is -7.22. The van der Waals surface area contributed by atoms with Gasteiger partial charge in [0, 0.05) is 19.5 Å². The SMILES string of the molecule is CCC(=O)NCCNS(=O)(=O)C(F)(F)C(F)(F)C(F)(F)C(F)(F)F. The summed E-state index contributed by atoms with van der Waals surface area (Å²) in [4.78, 5) is 10.8. The molecular formula is C9H11F9N2O3S. The average Bonchev–Trinajstić information content (AvgIpc) is 2.41. The molecule has 0 heterocycles. The van der Waals surface area contributed by atoms with Crippen molar-refractivity contribution in [3.8, 4) is 0 Å². The molecule has 15 heteroatoms. The number of hydrogen-bond donors (Lipinski definition) is 2. The van der Waals surface area contributed by atoms with Crippen LogP contribution >= 0.6 is 0 Å². The van der Waals surface area contributed by atoms with Crippen molar-refractivity contribution < 1.29 is 52.7 Å². The van der Waals surface area contributed by atoms with Crippen LogP contribution in [-0.4, -0.2) is 50.7 Å². The lowest BCUT2D eigenvalue weighted by Crippen LogP contribution is -2.65. The van der Waals surface area contributed by atoms with Gasteiger partial charge in [0.25, 0.3) is 10.0 Å². The van der Waals surface area contributed by atoms with Gasteiger partial charge in [-0.3, -0.25) is 4.79 Å². The molecule has 0 saturated heterocycles. The van der Waals surface area contributed by atoms with Crippen LogP contribution < -0.4 is 10.0 Å². The van der Waals surface area contributed by atoms with E-state index < -0.39 is 52.3 Å². The third kappa shape index (κ3) is 4.04. The summed E-state index contributed by atoms with van der Waals surface area (Å²) < 4.78 is 136. The molecule has 5 nitrogen and oxygen atoms in total. The van der Waals surface area contributed by atoms with Crippen LogP contribution in [0.2, 0.25) is 0 Å². The maximum atomic E-state index is 13.2. The zero-order valence-electron chi connectivity index (χ0n) is 11.7. The highest BCUT2D eigenvalue weighted by Crippen LogP contribution is 2.54. The van der Waals surface area contributed by atoms with Gasteiger partial charge in [-0.2, -0.15) is 39.5 Å². The second-order valence-corrected chi connectivity index (χ2v) is 6.07. The molecule has 0 unspecified atom stereocenters. The van der Waals surface area contributed by atoms with Crippen molar-refractivity contribution in [2.45, 2.75) is 36.6 Å². The first-order valence-corrected chi connectivity index (χ1v) is 7.40. The molecule has 0 rings (SSSR count). The van der Waals surface area contributed by atoms with Crippen LogP contribution in [0.25, 0.3) is 0 Å². The highest BCUT2D eigenvalue weighted by Gasteiger charge is 2.85. The van der Waals surface area contributed by atoms with E-state index in [1.54, 1.807) is 0 Å². The summed E-state index contributed by atoms with van der Waals surface area (Å²) in [6, 6.07) is 0. The van der Waals surface area contributed by atoms with Crippen molar-refractivity contribution in [2.75, 3.05) is 13.1 Å². The maximum Gasteiger partial charge on any atom is 0.460 e. The second-order valence-electron chi connectivity index (χ2n) is 4.26. The van der Waals surface area contributed by atoms with E-state index in [-0.39, 0.29) is 6.42 Å². The number of halogens is 9. The Labute approximate surface area is 129 Å². The van der Waals surface area contributed by atoms with Crippen LogP contribution in [0.1, 0.15) is 13.3 Å². The van der Waals surface area contributed by atoms with Crippen LogP contribution in [0.3, 0.4) is 0 Å². The van der Waals surface area contributed by atoms with Gasteiger partial charge in [0.05, 0.1) is 0 Å². The van der Waals surface area contributed by atoms with Gasteiger partial charge in [0.1, 0.15) is 0 Å². The number of amides is 1. The number of carbonyl (C=O) groups excluding carboxylic acids is 1. The largest absolute Gasteiger partial charge is 0.460 e. The molecule has 0 aromatic rings. The van der Waals surface area contributed by atoms with Crippen molar-refractivity contribution in [2.24, 2.45) is 0 Å². The summed E-state index contributed by atoms with van der Waals surface area (Å²) >= 11 is 0. The molecule has 0 aliphatic rings. The molecule has 0 atom stereocenters. The minimum atomic E-state index is -7.31. The molecule has 0 aromatic carbocycles. The van der Waals surface area contributed by atoms with E-state index in [1.807, 2.05) is 5.32 Å². The molecule has 0 spiro atoms. The quantitative estimate of drug-likeness (QED) is 0.484. The Morgan fingerprint density at radius 2 is 1.33 bits per heavy atom. The molecule has 2 N–H and O–H groups in total. The summed E-state index contributed by atoms with van der Waals surface area (Å²) in [7, 11) is -6.63. The number of sulfonamides is 1. The molecule has 0 bridgehead atoms. The van der Waals surface area contributed by atoms with Crippen LogP contribution in [-0.2, 0) is 14.8 Å². The number of alkyl halides is 9. The Morgan fingerprint density at radius 3 is 1.71 bits per heavy atom. The molecule has 0 aromatic heterocycles. The lowest BCUT2D eigenvalue weighted by Gasteiger charge is -2.33. The predicted octanol–water partition coefficient (Wildman–Crippen LogP) is 1.86. The van der Waals surface area contributed by atoms with Gasteiger partial charge in [0.2, 0.25) is 5.91 Å². The first-order valence-electron chi connectivity index (χ1n) is 5.91. The van der Waals surface area contributed by atoms with Gasteiger partial charge in [0.15, 0.2) is 0 Å². The highest BCUT2D eigenvalue weighted by molar-refractivity contribution is 7.90. The summed E-state index contributed by atoms with van der Waals surface area (Å²) in [5, 5.41) is -4.86. The van der Waals surface area contributed by atoms with Gasteiger partial charge in [-0.05, 0) is 0 Å². The Kier molecular flexibility index (Phi) is 6.57. The maximum absolute atomic E-state index is 13.2. The monoisotopic (exact) mass is 398 g/mol. The summed E-state index contributed by atoms with van der Waals surface area (Å²) in [5.74, 6) is -15.3. The average molecular weight is 398 g/mol. The fourth-order valence-corrected chi connectivity index (χ4v) is 2.15. The number of rotatable bonds is 8. The lowest BCUT2D eigenvalue weighted by atomic mass is 10.1. The Hall–Kier alpha value is -1.25. The third-order valence-electron chi connectivity index (χ3n) is 2.51. The highest BCUT2D eigenvalue weighted by atomic mass is 32.2. The minimum absolute atomic E-state index is 0.0984. The molecule has 0 saturated carbocycles. The Morgan fingerprint density at radius 1 is 0.875 bits per heavy atom. The Balaban J connectivity index is 5.36. The fraction of sp³-hybridized carbons (Fsp3) is 0.889. The third-order valence-corrected chi connectivity index (χ3v) is 4.03. The van der Waals surface area contributed by atoms with Gasteiger partial charge in [-0.25, -0.2) is 13.1 Å². The molecule has 24 heavy (non-hydrogen) atoms. The topological polar surface area (TPSA) is 75.3 Å². The lowest BCUT2D eigenvalue weighted by molar-refractivity contribution is -0.382. The van der Waals surface area contributed by atoms with Crippen LogP contribution in [0.15, 0.2) is 0 Å². The molecule has 0 aliphatic carbocycles. The van der Waals surface area contributed by atoms with Crippen molar-refractivity contribution in [3.05, 3.63) is 0 Å². The van der Waals surface area contributed by atoms with E-state index in [9.17, 15) is 52.7 Å². The number of nitrogens with one attached hydrogen (secondary N) is 2. The minimum Gasteiger partial charge on any atom is -0.355 e. The van der Waals surface area contributed by atoms with E-state index in [2.05, 4.69) is 0 Å². The molecule has 0 aliphatic heterocycles. The zero-order valence-corrected chi connectivity index (χ0v) is 12.5. The van der Waals surface area contributed by atoms with E-state index in [1.165, 1.54) is 6.92 Å². The van der Waals surface area contributed by atoms with Crippen LogP contribution in [0.4, 0.5) is 39.5 Å². The molecular weight excluding hydrogens is 387 g/mol. The van der Waals surface area contributed by atoms with Crippen molar-refractivity contribution in [1.82, 2.24) is 10.0 Å². The van der Waals surface area contributed by atoms with Crippen LogP contribution in [0, 0.1) is 0 Å². The first-order chi connectivity index (χ1) is 10.5. The number of carbonyl (C=O) groups is 1. The van der Waals surface area contributed by atoms with Crippen molar-refractivity contribution >= 4 is 15.9 Å². The second kappa shape index (κ2) is 6.93. The van der Waals surface area contributed by atoms with Crippen molar-refractivity contribution in [1.29, 1.82) is 0 Å². The normalized spacial score (nSPS) is 14.6. The van der Waals surface area contributed by atoms with Crippen LogP contribution in [0.5, 0.6) is 0 Å². The van der Waals surface area contributed by atoms with E-state index >= 15 is 0 Å². The fourth-order valence-electron chi connectivity index (χ4n) is 1.13. The first kappa shape index (κ1) is 22.8. The van der Waals surface area contributed by atoms with Gasteiger partial charge >= 0.3 is 23.3 Å². The van der Waals surface area contributed by atoms with E-state index in [0.29, 0.717) is 0 Å². The van der Waals surface area contributed by atoms with Gasteiger partial charge < -0.3 is 5.32 Å². The van der Waals surface area contributed by atoms with Gasteiger partial charge in [-0.15, -0.1) is 0 Å². The molecule has 0 fully saturated rings. The van der Waals surface area contributed by atoms with Crippen molar-refractivity contribution in [3.63, 3.8) is 0 Å². The smallest absolute Gasteiger partial charge is 0.355 e. The Bertz CT molecular complexity index is 559. The van der Waals surface area contributed by atoms with Gasteiger partial charge in [-0.1, -0.05) is 6.92 Å². The molecule has 0 radical (unpaired) electrons.